The van der Waals surface area contributed by atoms with Crippen molar-refractivity contribution < 1.29 is 18.3 Å². The summed E-state index contributed by atoms with van der Waals surface area (Å²) in [5, 5.41) is 3.54. The van der Waals surface area contributed by atoms with Gasteiger partial charge < -0.3 is 24.8 Å². The van der Waals surface area contributed by atoms with Crippen LogP contribution in [-0.2, 0) is 9.53 Å². The predicted molar refractivity (Wildman–Crippen MR) is 136 cm³/mol. The number of nitrogens with one attached hydrogen (secondary N) is 1. The lowest BCUT2D eigenvalue weighted by Crippen LogP contribution is -2.43. The first kappa shape index (κ1) is 24.2. The van der Waals surface area contributed by atoms with Crippen LogP contribution in [0.25, 0.3) is 10.9 Å². The molecular weight excluding hydrogens is 466 g/mol. The van der Waals surface area contributed by atoms with Gasteiger partial charge in [-0.1, -0.05) is 0 Å². The minimum Gasteiger partial charge on any atom is -0.378 e. The average molecular weight is 497 g/mol. The summed E-state index contributed by atoms with van der Waals surface area (Å²) in [5.41, 5.74) is 2.96. The van der Waals surface area contributed by atoms with E-state index in [1.807, 2.05) is 17.9 Å². The number of carbonyl (C=O) groups excluding carboxylic acids is 1. The topological polar surface area (TPSA) is 73.8 Å². The number of likely N-dealkylation sites (N-methyl/N-ethyl adjacent to an activating group) is 1. The van der Waals surface area contributed by atoms with Gasteiger partial charge in [-0.05, 0) is 25.8 Å². The molecular formula is C26H30F2N6O2. The van der Waals surface area contributed by atoms with Crippen LogP contribution in [0.3, 0.4) is 0 Å². The lowest BCUT2D eigenvalue weighted by Gasteiger charge is -2.30. The molecule has 10 heteroatoms. The van der Waals surface area contributed by atoms with Crippen LogP contribution in [0.15, 0.2) is 30.6 Å². The number of fused-ring (bicyclic) bond motifs is 1. The van der Waals surface area contributed by atoms with E-state index in [1.54, 1.807) is 31.4 Å². The molecule has 190 valence electrons. The van der Waals surface area contributed by atoms with E-state index in [0.717, 1.165) is 31.3 Å². The summed E-state index contributed by atoms with van der Waals surface area (Å²) in [5.74, 6) is -0.873. The first-order chi connectivity index (χ1) is 17.3. The summed E-state index contributed by atoms with van der Waals surface area (Å²) < 4.78 is 34.8. The number of carbonyl (C=O) groups is 1. The van der Waals surface area contributed by atoms with Crippen LogP contribution < -0.4 is 15.1 Å². The van der Waals surface area contributed by atoms with Crippen molar-refractivity contribution in [1.29, 1.82) is 0 Å². The molecule has 1 aromatic carbocycles. The molecule has 8 nitrogen and oxygen atoms in total. The number of hydrogen-bond acceptors (Lipinski definition) is 7. The fourth-order valence-electron chi connectivity index (χ4n) is 5.04. The van der Waals surface area contributed by atoms with Gasteiger partial charge in [0.15, 0.2) is 0 Å². The van der Waals surface area contributed by atoms with Crippen LogP contribution in [-0.4, -0.2) is 73.8 Å². The molecule has 0 unspecified atom stereocenters. The van der Waals surface area contributed by atoms with Crippen LogP contribution in [0.5, 0.6) is 0 Å². The van der Waals surface area contributed by atoms with Crippen molar-refractivity contribution in [2.45, 2.75) is 25.8 Å². The Hall–Kier alpha value is -3.53. The molecule has 0 saturated carbocycles. The van der Waals surface area contributed by atoms with Crippen LogP contribution in [0.4, 0.5) is 31.7 Å². The molecule has 1 atom stereocenters. The quantitative estimate of drug-likeness (QED) is 0.575. The SMILES string of the molecule is Cc1c(N2CCC[C@H]2C(=O)N(C)C)nc2cc(F)cc(F)c2c1Nc1cncc(N2CCOCC2)c1. The van der Waals surface area contributed by atoms with Gasteiger partial charge in [0.2, 0.25) is 5.91 Å². The second-order valence-corrected chi connectivity index (χ2v) is 9.46. The molecule has 2 aliphatic heterocycles. The Morgan fingerprint density at radius 3 is 2.67 bits per heavy atom. The molecule has 4 heterocycles. The summed E-state index contributed by atoms with van der Waals surface area (Å²) in [6.07, 6.45) is 4.99. The normalized spacial score (nSPS) is 18.1. The minimum absolute atomic E-state index is 0.0175. The summed E-state index contributed by atoms with van der Waals surface area (Å²) in [4.78, 5) is 27.6. The standard InChI is InChI=1S/C26H30F2N6O2/c1-16-24(30-18-13-19(15-29-14-18)33-7-9-36-10-8-33)23-20(28)11-17(27)12-21(23)31-25(16)34-6-4-5-22(34)26(35)32(2)3/h11-15,22H,4-10H2,1-3H3,(H,30,31)/t22-/m0/s1. The third-order valence-corrected chi connectivity index (χ3v) is 6.84. The van der Waals surface area contributed by atoms with Crippen molar-refractivity contribution in [3.05, 3.63) is 47.8 Å². The Kier molecular flexibility index (Phi) is 6.61. The molecule has 0 radical (unpaired) electrons. The van der Waals surface area contributed by atoms with E-state index in [0.29, 0.717) is 48.9 Å². The van der Waals surface area contributed by atoms with Crippen LogP contribution in [0.2, 0.25) is 0 Å². The molecule has 0 bridgehead atoms. The molecule has 2 aliphatic rings. The van der Waals surface area contributed by atoms with Crippen molar-refractivity contribution in [2.24, 2.45) is 0 Å². The van der Waals surface area contributed by atoms with Crippen LogP contribution in [0, 0.1) is 18.6 Å². The van der Waals surface area contributed by atoms with E-state index in [1.165, 1.54) is 6.07 Å². The largest absolute Gasteiger partial charge is 0.378 e. The van der Waals surface area contributed by atoms with Crippen molar-refractivity contribution in [3.63, 3.8) is 0 Å². The molecule has 3 aromatic rings. The Bertz CT molecular complexity index is 1300. The molecule has 1 N–H and O–H groups in total. The molecule has 0 aliphatic carbocycles. The average Bonchev–Trinajstić information content (AvgIpc) is 3.35. The molecule has 36 heavy (non-hydrogen) atoms. The predicted octanol–water partition coefficient (Wildman–Crippen LogP) is 3.85. The van der Waals surface area contributed by atoms with E-state index < -0.39 is 11.6 Å². The highest BCUT2D eigenvalue weighted by Crippen LogP contribution is 2.39. The van der Waals surface area contributed by atoms with Crippen LogP contribution >= 0.6 is 0 Å². The van der Waals surface area contributed by atoms with Gasteiger partial charge in [0.05, 0.1) is 53.6 Å². The molecule has 2 saturated heterocycles. The fraction of sp³-hybridized carbons (Fsp3) is 0.423. The maximum absolute atomic E-state index is 15.1. The van der Waals surface area contributed by atoms with Gasteiger partial charge in [0.1, 0.15) is 23.5 Å². The number of nitrogens with zero attached hydrogens (tertiary/aromatic N) is 5. The van der Waals surface area contributed by atoms with E-state index in [-0.39, 0.29) is 22.9 Å². The van der Waals surface area contributed by atoms with Gasteiger partial charge in [-0.15, -0.1) is 0 Å². The highest BCUT2D eigenvalue weighted by molar-refractivity contribution is 5.98. The van der Waals surface area contributed by atoms with Gasteiger partial charge in [-0.2, -0.15) is 0 Å². The van der Waals surface area contributed by atoms with Gasteiger partial charge in [-0.25, -0.2) is 13.8 Å². The van der Waals surface area contributed by atoms with Crippen LogP contribution in [0.1, 0.15) is 18.4 Å². The summed E-state index contributed by atoms with van der Waals surface area (Å²) in [6.45, 7) is 5.30. The first-order valence-corrected chi connectivity index (χ1v) is 12.2. The van der Waals surface area contributed by atoms with Crippen molar-refractivity contribution >= 4 is 39.7 Å². The summed E-state index contributed by atoms with van der Waals surface area (Å²) >= 11 is 0. The highest BCUT2D eigenvalue weighted by atomic mass is 19.1. The maximum Gasteiger partial charge on any atom is 0.244 e. The summed E-state index contributed by atoms with van der Waals surface area (Å²) in [7, 11) is 3.46. The lowest BCUT2D eigenvalue weighted by molar-refractivity contribution is -0.129. The van der Waals surface area contributed by atoms with E-state index in [9.17, 15) is 9.18 Å². The Morgan fingerprint density at radius 1 is 1.14 bits per heavy atom. The number of pyridine rings is 2. The number of hydrogen-bond donors (Lipinski definition) is 1. The number of halogens is 2. The van der Waals surface area contributed by atoms with E-state index >= 15 is 4.39 Å². The Balaban J connectivity index is 1.60. The zero-order valence-electron chi connectivity index (χ0n) is 20.7. The number of aromatic nitrogens is 2. The van der Waals surface area contributed by atoms with Crippen molar-refractivity contribution in [2.75, 3.05) is 62.1 Å². The third-order valence-electron chi connectivity index (χ3n) is 6.84. The van der Waals surface area contributed by atoms with Crippen molar-refractivity contribution in [1.82, 2.24) is 14.9 Å². The monoisotopic (exact) mass is 496 g/mol. The number of amides is 1. The van der Waals surface area contributed by atoms with Gasteiger partial charge >= 0.3 is 0 Å². The summed E-state index contributed by atoms with van der Waals surface area (Å²) in [6, 6.07) is 3.68. The Morgan fingerprint density at radius 2 is 1.92 bits per heavy atom. The maximum atomic E-state index is 15.1. The zero-order chi connectivity index (χ0) is 25.4. The van der Waals surface area contributed by atoms with Crippen molar-refractivity contribution in [3.8, 4) is 0 Å². The number of morpholine rings is 1. The molecule has 0 spiro atoms. The molecule has 2 fully saturated rings. The number of anilines is 4. The molecule has 2 aromatic heterocycles. The first-order valence-electron chi connectivity index (χ1n) is 12.2. The number of rotatable bonds is 5. The molecule has 1 amide bonds. The second kappa shape index (κ2) is 9.85. The smallest absolute Gasteiger partial charge is 0.244 e. The fourth-order valence-corrected chi connectivity index (χ4v) is 5.04. The zero-order valence-corrected chi connectivity index (χ0v) is 20.7. The lowest BCUT2D eigenvalue weighted by atomic mass is 10.1. The Labute approximate surface area is 208 Å². The van der Waals surface area contributed by atoms with Gasteiger partial charge in [-0.3, -0.25) is 9.78 Å². The van der Waals surface area contributed by atoms with E-state index in [2.05, 4.69) is 20.2 Å². The van der Waals surface area contributed by atoms with Gasteiger partial charge in [0.25, 0.3) is 0 Å². The van der Waals surface area contributed by atoms with E-state index in [4.69, 9.17) is 4.74 Å². The number of benzene rings is 1. The third kappa shape index (κ3) is 4.53. The number of ether oxygens (including phenoxy) is 1. The highest BCUT2D eigenvalue weighted by Gasteiger charge is 2.34. The molecule has 5 rings (SSSR count). The second-order valence-electron chi connectivity index (χ2n) is 9.46. The van der Waals surface area contributed by atoms with Gasteiger partial charge in [0, 0.05) is 51.4 Å². The minimum atomic E-state index is -0.702.